The van der Waals surface area contributed by atoms with Gasteiger partial charge in [0, 0.05) is 32.2 Å². The molecule has 0 bridgehead atoms. The normalized spacial score (nSPS) is 29.0. The summed E-state index contributed by atoms with van der Waals surface area (Å²) in [5, 5.41) is 5.94. The molecule has 2 N–H and O–H groups in total. The molecule has 0 aromatic carbocycles. The number of piperazine rings is 1. The lowest BCUT2D eigenvalue weighted by Gasteiger charge is -2.28. The van der Waals surface area contributed by atoms with Gasteiger partial charge in [-0.25, -0.2) is 13.2 Å². The number of carbonyl (C=O) groups excluding carboxylic acids is 1. The Labute approximate surface area is 95.3 Å². The van der Waals surface area contributed by atoms with Gasteiger partial charge in [-0.05, 0) is 6.42 Å². The molecule has 92 valence electrons. The number of sulfone groups is 1. The van der Waals surface area contributed by atoms with Crippen molar-refractivity contribution in [3.8, 4) is 0 Å². The summed E-state index contributed by atoms with van der Waals surface area (Å²) in [6.07, 6.45) is 0.542. The number of hydrogen-bond acceptors (Lipinski definition) is 4. The summed E-state index contributed by atoms with van der Waals surface area (Å²) in [4.78, 5) is 13.5. The third-order valence-electron chi connectivity index (χ3n) is 2.96. The lowest BCUT2D eigenvalue weighted by Crippen LogP contribution is -2.52. The van der Waals surface area contributed by atoms with Gasteiger partial charge in [0.25, 0.3) is 0 Å². The number of amides is 2. The molecule has 7 heteroatoms. The molecule has 2 aliphatic heterocycles. The van der Waals surface area contributed by atoms with Crippen LogP contribution in [0, 0.1) is 0 Å². The maximum absolute atomic E-state index is 11.8. The molecular weight excluding hydrogens is 230 g/mol. The number of rotatable bonds is 1. The van der Waals surface area contributed by atoms with Crippen LogP contribution in [0.1, 0.15) is 6.42 Å². The van der Waals surface area contributed by atoms with E-state index < -0.39 is 9.84 Å². The van der Waals surface area contributed by atoms with E-state index in [0.29, 0.717) is 19.5 Å². The molecule has 2 amide bonds. The van der Waals surface area contributed by atoms with Crippen LogP contribution in [0.4, 0.5) is 4.79 Å². The summed E-state index contributed by atoms with van der Waals surface area (Å²) in [6.45, 7) is 2.98. The zero-order valence-corrected chi connectivity index (χ0v) is 9.92. The molecule has 1 atom stereocenters. The second-order valence-electron chi connectivity index (χ2n) is 4.29. The number of nitrogens with zero attached hydrogens (tertiary/aromatic N) is 1. The van der Waals surface area contributed by atoms with Crippen LogP contribution in [0.5, 0.6) is 0 Å². The fraction of sp³-hybridized carbons (Fsp3) is 0.889. The van der Waals surface area contributed by atoms with Gasteiger partial charge in [0.1, 0.15) is 0 Å². The summed E-state index contributed by atoms with van der Waals surface area (Å²) in [5.74, 6) is 0.282. The molecule has 0 aromatic rings. The van der Waals surface area contributed by atoms with E-state index in [4.69, 9.17) is 0 Å². The van der Waals surface area contributed by atoms with Gasteiger partial charge >= 0.3 is 6.03 Å². The maximum atomic E-state index is 11.8. The summed E-state index contributed by atoms with van der Waals surface area (Å²) in [5.41, 5.74) is 0. The van der Waals surface area contributed by atoms with Crippen LogP contribution in [-0.4, -0.2) is 63.1 Å². The van der Waals surface area contributed by atoms with Gasteiger partial charge in [-0.2, -0.15) is 0 Å². The van der Waals surface area contributed by atoms with Crippen molar-refractivity contribution in [1.29, 1.82) is 0 Å². The van der Waals surface area contributed by atoms with Gasteiger partial charge in [-0.3, -0.25) is 0 Å². The fourth-order valence-electron chi connectivity index (χ4n) is 2.04. The van der Waals surface area contributed by atoms with E-state index in [1.54, 1.807) is 4.90 Å². The SMILES string of the molecule is O=C(NC1CCS(=O)(=O)C1)N1CCNCC1. The topological polar surface area (TPSA) is 78.5 Å². The molecule has 0 saturated carbocycles. The van der Waals surface area contributed by atoms with Gasteiger partial charge in [-0.15, -0.1) is 0 Å². The Kier molecular flexibility index (Phi) is 3.34. The van der Waals surface area contributed by atoms with Crippen molar-refractivity contribution in [3.63, 3.8) is 0 Å². The van der Waals surface area contributed by atoms with Crippen molar-refractivity contribution in [3.05, 3.63) is 0 Å². The van der Waals surface area contributed by atoms with Crippen molar-refractivity contribution >= 4 is 15.9 Å². The van der Waals surface area contributed by atoms with E-state index in [9.17, 15) is 13.2 Å². The Morgan fingerprint density at radius 2 is 2.00 bits per heavy atom. The third-order valence-corrected chi connectivity index (χ3v) is 4.73. The molecule has 0 aliphatic carbocycles. The van der Waals surface area contributed by atoms with Crippen molar-refractivity contribution in [1.82, 2.24) is 15.5 Å². The molecule has 2 fully saturated rings. The Balaban J connectivity index is 1.83. The van der Waals surface area contributed by atoms with E-state index in [0.717, 1.165) is 13.1 Å². The van der Waals surface area contributed by atoms with Gasteiger partial charge in [0.15, 0.2) is 9.84 Å². The molecule has 2 rings (SSSR count). The van der Waals surface area contributed by atoms with Crippen LogP contribution in [0.15, 0.2) is 0 Å². The first-order valence-electron chi connectivity index (χ1n) is 5.53. The largest absolute Gasteiger partial charge is 0.334 e. The van der Waals surface area contributed by atoms with Crippen molar-refractivity contribution in [2.45, 2.75) is 12.5 Å². The molecule has 2 aliphatic rings. The monoisotopic (exact) mass is 247 g/mol. The fourth-order valence-corrected chi connectivity index (χ4v) is 3.72. The molecule has 0 aromatic heterocycles. The quantitative estimate of drug-likeness (QED) is 0.609. The highest BCUT2D eigenvalue weighted by Gasteiger charge is 2.30. The third kappa shape index (κ3) is 2.85. The zero-order chi connectivity index (χ0) is 11.6. The Morgan fingerprint density at radius 1 is 1.31 bits per heavy atom. The van der Waals surface area contributed by atoms with Gasteiger partial charge in [0.05, 0.1) is 11.5 Å². The minimum Gasteiger partial charge on any atom is -0.334 e. The first kappa shape index (κ1) is 11.7. The summed E-state index contributed by atoms with van der Waals surface area (Å²) < 4.78 is 22.4. The van der Waals surface area contributed by atoms with E-state index >= 15 is 0 Å². The van der Waals surface area contributed by atoms with Crippen molar-refractivity contribution in [2.75, 3.05) is 37.7 Å². The maximum Gasteiger partial charge on any atom is 0.317 e. The van der Waals surface area contributed by atoms with Gasteiger partial charge in [0.2, 0.25) is 0 Å². The van der Waals surface area contributed by atoms with Crippen LogP contribution < -0.4 is 10.6 Å². The average molecular weight is 247 g/mol. The number of nitrogens with one attached hydrogen (secondary N) is 2. The first-order chi connectivity index (χ1) is 7.57. The lowest BCUT2D eigenvalue weighted by molar-refractivity contribution is 0.187. The molecular formula is C9H17N3O3S. The van der Waals surface area contributed by atoms with Crippen molar-refractivity contribution in [2.24, 2.45) is 0 Å². The van der Waals surface area contributed by atoms with Crippen LogP contribution >= 0.6 is 0 Å². The van der Waals surface area contributed by atoms with E-state index in [1.807, 2.05) is 0 Å². The molecule has 6 nitrogen and oxygen atoms in total. The highest BCUT2D eigenvalue weighted by Crippen LogP contribution is 2.11. The van der Waals surface area contributed by atoms with Crippen LogP contribution in [0.25, 0.3) is 0 Å². The predicted octanol–water partition coefficient (Wildman–Crippen LogP) is -1.21. The van der Waals surface area contributed by atoms with E-state index in [2.05, 4.69) is 10.6 Å². The van der Waals surface area contributed by atoms with E-state index in [1.165, 1.54) is 0 Å². The number of urea groups is 1. The molecule has 2 saturated heterocycles. The second kappa shape index (κ2) is 4.58. The minimum absolute atomic E-state index is 0.0881. The Hall–Kier alpha value is -0.820. The smallest absolute Gasteiger partial charge is 0.317 e. The van der Waals surface area contributed by atoms with Crippen molar-refractivity contribution < 1.29 is 13.2 Å². The summed E-state index contributed by atoms with van der Waals surface area (Å²) >= 11 is 0. The first-order valence-corrected chi connectivity index (χ1v) is 7.35. The van der Waals surface area contributed by atoms with Crippen LogP contribution in [-0.2, 0) is 9.84 Å². The number of carbonyl (C=O) groups is 1. The Bertz CT molecular complexity index is 362. The van der Waals surface area contributed by atoms with E-state index in [-0.39, 0.29) is 23.6 Å². The highest BCUT2D eigenvalue weighted by atomic mass is 32.2. The highest BCUT2D eigenvalue weighted by molar-refractivity contribution is 7.91. The van der Waals surface area contributed by atoms with Crippen LogP contribution in [0.3, 0.4) is 0 Å². The number of hydrogen-bond donors (Lipinski definition) is 2. The van der Waals surface area contributed by atoms with Gasteiger partial charge in [-0.1, -0.05) is 0 Å². The zero-order valence-electron chi connectivity index (χ0n) is 9.11. The molecule has 16 heavy (non-hydrogen) atoms. The summed E-state index contributed by atoms with van der Waals surface area (Å²) in [7, 11) is -2.92. The average Bonchev–Trinajstić information content (AvgIpc) is 2.59. The molecule has 1 unspecified atom stereocenters. The second-order valence-corrected chi connectivity index (χ2v) is 6.52. The molecule has 0 spiro atoms. The molecule has 2 heterocycles. The minimum atomic E-state index is -2.92. The summed E-state index contributed by atoms with van der Waals surface area (Å²) in [6, 6.07) is -0.337. The Morgan fingerprint density at radius 3 is 2.56 bits per heavy atom. The van der Waals surface area contributed by atoms with Gasteiger partial charge < -0.3 is 15.5 Å². The lowest BCUT2D eigenvalue weighted by atomic mass is 10.3. The standard InChI is InChI=1S/C9H17N3O3S/c13-9(12-4-2-10-3-5-12)11-8-1-6-16(14,15)7-8/h8,10H,1-7H2,(H,11,13). The molecule has 0 radical (unpaired) electrons. The predicted molar refractivity (Wildman–Crippen MR) is 60.0 cm³/mol. The van der Waals surface area contributed by atoms with Crippen LogP contribution in [0.2, 0.25) is 0 Å².